The van der Waals surface area contributed by atoms with E-state index >= 15 is 0 Å². The van der Waals surface area contributed by atoms with Crippen molar-refractivity contribution in [2.75, 3.05) is 26.7 Å². The summed E-state index contributed by atoms with van der Waals surface area (Å²) in [6.07, 6.45) is 8.36. The third-order valence-electron chi connectivity index (χ3n) is 5.75. The molecule has 1 saturated heterocycles. The first-order chi connectivity index (χ1) is 11.3. The fraction of sp³-hybridized carbons (Fsp3) is 0.700. The molecule has 0 spiro atoms. The highest BCUT2D eigenvalue weighted by Crippen LogP contribution is 2.27. The molecular formula is C20H32N2O. The number of rotatable bonds is 6. The zero-order valence-corrected chi connectivity index (χ0v) is 14.8. The molecule has 2 aliphatic rings. The van der Waals surface area contributed by atoms with Crippen LogP contribution in [-0.4, -0.2) is 43.7 Å². The number of nitrogens with one attached hydrogen (secondary N) is 1. The molecule has 0 radical (unpaired) electrons. The average molecular weight is 316 g/mol. The van der Waals surface area contributed by atoms with Crippen LogP contribution in [-0.2, 0) is 0 Å². The minimum atomic E-state index is 0.485. The van der Waals surface area contributed by atoms with Crippen LogP contribution in [0.2, 0.25) is 0 Å². The molecule has 1 aromatic rings. The minimum Gasteiger partial charge on any atom is -0.496 e. The van der Waals surface area contributed by atoms with Crippen LogP contribution >= 0.6 is 0 Å². The maximum atomic E-state index is 5.49. The second-order valence-corrected chi connectivity index (χ2v) is 7.30. The average Bonchev–Trinajstić information content (AvgIpc) is 3.14. The van der Waals surface area contributed by atoms with Gasteiger partial charge in [0.1, 0.15) is 5.75 Å². The van der Waals surface area contributed by atoms with Crippen LogP contribution in [0.4, 0.5) is 0 Å². The van der Waals surface area contributed by atoms with E-state index in [2.05, 4.69) is 35.3 Å². The molecule has 1 atom stereocenters. The lowest BCUT2D eigenvalue weighted by Crippen LogP contribution is -2.46. The Morgan fingerprint density at radius 1 is 1.13 bits per heavy atom. The number of methoxy groups -OCH3 is 1. The van der Waals surface area contributed by atoms with E-state index in [-0.39, 0.29) is 0 Å². The van der Waals surface area contributed by atoms with Crippen molar-refractivity contribution in [2.24, 2.45) is 0 Å². The van der Waals surface area contributed by atoms with Crippen LogP contribution in [0.3, 0.4) is 0 Å². The lowest BCUT2D eigenvalue weighted by molar-refractivity contribution is 0.144. The van der Waals surface area contributed by atoms with E-state index in [0.29, 0.717) is 12.0 Å². The third-order valence-corrected chi connectivity index (χ3v) is 5.75. The van der Waals surface area contributed by atoms with Crippen molar-refractivity contribution < 1.29 is 4.74 Å². The molecule has 2 fully saturated rings. The number of hydrogen-bond acceptors (Lipinski definition) is 3. The van der Waals surface area contributed by atoms with Crippen molar-refractivity contribution in [1.82, 2.24) is 10.2 Å². The topological polar surface area (TPSA) is 24.5 Å². The molecule has 3 nitrogen and oxygen atoms in total. The van der Waals surface area contributed by atoms with Crippen molar-refractivity contribution >= 4 is 0 Å². The molecule has 23 heavy (non-hydrogen) atoms. The highest BCUT2D eigenvalue weighted by Gasteiger charge is 2.27. The number of ether oxygens (including phenoxy) is 1. The van der Waals surface area contributed by atoms with Crippen LogP contribution < -0.4 is 10.1 Å². The fourth-order valence-electron chi connectivity index (χ4n) is 4.27. The molecule has 1 N–H and O–H groups in total. The maximum absolute atomic E-state index is 5.49. The zero-order valence-electron chi connectivity index (χ0n) is 14.8. The van der Waals surface area contributed by atoms with Crippen LogP contribution in [0.15, 0.2) is 24.3 Å². The van der Waals surface area contributed by atoms with Crippen LogP contribution in [0, 0.1) is 0 Å². The predicted octanol–water partition coefficient (Wildman–Crippen LogP) is 3.80. The van der Waals surface area contributed by atoms with E-state index in [0.717, 1.165) is 18.3 Å². The summed E-state index contributed by atoms with van der Waals surface area (Å²) in [4.78, 5) is 2.74. The first kappa shape index (κ1) is 16.8. The lowest BCUT2D eigenvalue weighted by Gasteiger charge is -2.36. The van der Waals surface area contributed by atoms with Gasteiger partial charge in [-0.3, -0.25) is 0 Å². The van der Waals surface area contributed by atoms with Gasteiger partial charge in [0.05, 0.1) is 7.11 Å². The molecule has 1 saturated carbocycles. The number of likely N-dealkylation sites (tertiary alicyclic amines) is 1. The number of nitrogens with zero attached hydrogens (tertiary/aromatic N) is 1. The molecule has 1 unspecified atom stereocenters. The van der Waals surface area contributed by atoms with Gasteiger partial charge in [0.25, 0.3) is 0 Å². The molecular weight excluding hydrogens is 284 g/mol. The van der Waals surface area contributed by atoms with Crippen molar-refractivity contribution in [3.63, 3.8) is 0 Å². The molecule has 1 aromatic carbocycles. The first-order valence-electron chi connectivity index (χ1n) is 9.38. The molecule has 1 aliphatic carbocycles. The van der Waals surface area contributed by atoms with Crippen LogP contribution in [0.25, 0.3) is 0 Å². The summed E-state index contributed by atoms with van der Waals surface area (Å²) >= 11 is 0. The zero-order chi connectivity index (χ0) is 16.1. The summed E-state index contributed by atoms with van der Waals surface area (Å²) in [6, 6.07) is 9.98. The van der Waals surface area contributed by atoms with E-state index in [1.807, 2.05) is 6.07 Å². The van der Waals surface area contributed by atoms with Gasteiger partial charge in [-0.25, -0.2) is 0 Å². The van der Waals surface area contributed by atoms with Gasteiger partial charge in [0, 0.05) is 18.6 Å². The summed E-state index contributed by atoms with van der Waals surface area (Å²) in [5, 5.41) is 3.80. The SMILES string of the molecule is COc1ccccc1C(C)CNC1CCN(C2CCCC2)CC1. The summed E-state index contributed by atoms with van der Waals surface area (Å²) in [5.74, 6) is 1.50. The minimum absolute atomic E-state index is 0.485. The third kappa shape index (κ3) is 4.27. The molecule has 0 aromatic heterocycles. The van der Waals surface area contributed by atoms with E-state index < -0.39 is 0 Å². The Morgan fingerprint density at radius 2 is 1.83 bits per heavy atom. The summed E-state index contributed by atoms with van der Waals surface area (Å²) in [7, 11) is 1.76. The standard InChI is InChI=1S/C20H32N2O/c1-16(19-9-5-6-10-20(19)23-2)15-21-17-11-13-22(14-12-17)18-7-3-4-8-18/h5-6,9-10,16-18,21H,3-4,7-8,11-15H2,1-2H3. The highest BCUT2D eigenvalue weighted by molar-refractivity contribution is 5.36. The van der Waals surface area contributed by atoms with Crippen molar-refractivity contribution in [1.29, 1.82) is 0 Å². The van der Waals surface area contributed by atoms with Gasteiger partial charge in [-0.15, -0.1) is 0 Å². The van der Waals surface area contributed by atoms with E-state index in [1.165, 1.54) is 57.2 Å². The van der Waals surface area contributed by atoms with Gasteiger partial charge in [0.15, 0.2) is 0 Å². The Labute approximate surface area is 141 Å². The number of hydrogen-bond donors (Lipinski definition) is 1. The van der Waals surface area contributed by atoms with Gasteiger partial charge in [-0.2, -0.15) is 0 Å². The van der Waals surface area contributed by atoms with Gasteiger partial charge in [-0.05, 0) is 56.3 Å². The number of para-hydroxylation sites is 1. The maximum Gasteiger partial charge on any atom is 0.122 e. The predicted molar refractivity (Wildman–Crippen MR) is 96.3 cm³/mol. The largest absolute Gasteiger partial charge is 0.496 e. The second-order valence-electron chi connectivity index (χ2n) is 7.30. The molecule has 3 rings (SSSR count). The monoisotopic (exact) mass is 316 g/mol. The Hall–Kier alpha value is -1.06. The van der Waals surface area contributed by atoms with Crippen molar-refractivity contribution in [3.8, 4) is 5.75 Å². The van der Waals surface area contributed by atoms with E-state index in [1.54, 1.807) is 7.11 Å². The summed E-state index contributed by atoms with van der Waals surface area (Å²) < 4.78 is 5.49. The van der Waals surface area contributed by atoms with Crippen LogP contribution in [0.5, 0.6) is 5.75 Å². The highest BCUT2D eigenvalue weighted by atomic mass is 16.5. The van der Waals surface area contributed by atoms with Crippen LogP contribution in [0.1, 0.15) is 56.9 Å². The lowest BCUT2D eigenvalue weighted by atomic mass is 9.98. The summed E-state index contributed by atoms with van der Waals surface area (Å²) in [5.41, 5.74) is 1.31. The number of benzene rings is 1. The fourth-order valence-corrected chi connectivity index (χ4v) is 4.27. The second kappa shape index (κ2) is 8.16. The first-order valence-corrected chi connectivity index (χ1v) is 9.38. The molecule has 0 amide bonds. The van der Waals surface area contributed by atoms with E-state index in [9.17, 15) is 0 Å². The Morgan fingerprint density at radius 3 is 2.52 bits per heavy atom. The quantitative estimate of drug-likeness (QED) is 0.864. The van der Waals surface area contributed by atoms with Crippen molar-refractivity contribution in [2.45, 2.75) is 63.5 Å². The Balaban J connectivity index is 1.44. The van der Waals surface area contributed by atoms with Gasteiger partial charge < -0.3 is 15.0 Å². The van der Waals surface area contributed by atoms with Gasteiger partial charge in [0.2, 0.25) is 0 Å². The Bertz CT molecular complexity index is 476. The molecule has 3 heteroatoms. The van der Waals surface area contributed by atoms with Crippen molar-refractivity contribution in [3.05, 3.63) is 29.8 Å². The Kier molecular flexibility index (Phi) is 5.96. The molecule has 128 valence electrons. The molecule has 1 aliphatic heterocycles. The molecule has 0 bridgehead atoms. The van der Waals surface area contributed by atoms with E-state index in [4.69, 9.17) is 4.74 Å². The van der Waals surface area contributed by atoms with Gasteiger partial charge >= 0.3 is 0 Å². The normalized spacial score (nSPS) is 22.3. The summed E-state index contributed by atoms with van der Waals surface area (Å²) in [6.45, 7) is 5.89. The number of piperidine rings is 1. The molecule has 1 heterocycles. The smallest absolute Gasteiger partial charge is 0.122 e. The van der Waals surface area contributed by atoms with Gasteiger partial charge in [-0.1, -0.05) is 38.0 Å².